The van der Waals surface area contributed by atoms with Gasteiger partial charge in [0.15, 0.2) is 5.82 Å². The molecule has 0 fully saturated rings. The lowest BCUT2D eigenvalue weighted by atomic mass is 10.2. The van der Waals surface area contributed by atoms with E-state index in [1.165, 1.54) is 0 Å². The minimum atomic E-state index is 0.724. The third-order valence-corrected chi connectivity index (χ3v) is 2.51. The van der Waals surface area contributed by atoms with Crippen LogP contribution < -0.4 is 0 Å². The Bertz CT molecular complexity index is 330. The fourth-order valence-electron chi connectivity index (χ4n) is 1.69. The van der Waals surface area contributed by atoms with Crippen LogP contribution in [0.3, 0.4) is 0 Å². The standard InChI is InChI=1S/C9H15N5/c1-2-3-8(10)13-4-5-14-7-11-12-9(14)6-13/h7,10H,2-6H2,1H3. The van der Waals surface area contributed by atoms with Crippen molar-refractivity contribution in [2.75, 3.05) is 6.54 Å². The molecule has 0 saturated heterocycles. The lowest BCUT2D eigenvalue weighted by Gasteiger charge is -2.29. The van der Waals surface area contributed by atoms with Gasteiger partial charge in [-0.15, -0.1) is 10.2 Å². The van der Waals surface area contributed by atoms with E-state index in [0.29, 0.717) is 0 Å². The van der Waals surface area contributed by atoms with Crippen LogP contribution in [0.2, 0.25) is 0 Å². The highest BCUT2D eigenvalue weighted by molar-refractivity contribution is 5.79. The molecule has 2 heterocycles. The molecule has 0 amide bonds. The maximum atomic E-state index is 7.85. The van der Waals surface area contributed by atoms with E-state index in [-0.39, 0.29) is 0 Å². The SMILES string of the molecule is CCCC(=N)N1CCn2cnnc2C1. The summed E-state index contributed by atoms with van der Waals surface area (Å²) in [6.45, 7) is 4.64. The molecule has 0 saturated carbocycles. The van der Waals surface area contributed by atoms with Gasteiger partial charge in [-0.3, -0.25) is 5.41 Å². The fourth-order valence-corrected chi connectivity index (χ4v) is 1.69. The maximum Gasteiger partial charge on any atom is 0.152 e. The van der Waals surface area contributed by atoms with Crippen LogP contribution in [0.4, 0.5) is 0 Å². The molecule has 1 aliphatic heterocycles. The van der Waals surface area contributed by atoms with E-state index in [9.17, 15) is 0 Å². The Kier molecular flexibility index (Phi) is 2.47. The van der Waals surface area contributed by atoms with Gasteiger partial charge in [0, 0.05) is 19.5 Å². The lowest BCUT2D eigenvalue weighted by Crippen LogP contribution is -2.37. The van der Waals surface area contributed by atoms with Gasteiger partial charge in [-0.2, -0.15) is 0 Å². The summed E-state index contributed by atoms with van der Waals surface area (Å²) in [7, 11) is 0. The second-order valence-corrected chi connectivity index (χ2v) is 3.56. The Labute approximate surface area is 83.3 Å². The van der Waals surface area contributed by atoms with Crippen LogP contribution in [0.25, 0.3) is 0 Å². The van der Waals surface area contributed by atoms with Crippen molar-refractivity contribution < 1.29 is 0 Å². The molecule has 2 rings (SSSR count). The summed E-state index contributed by atoms with van der Waals surface area (Å²) >= 11 is 0. The largest absolute Gasteiger partial charge is 0.351 e. The van der Waals surface area contributed by atoms with Gasteiger partial charge >= 0.3 is 0 Å². The van der Waals surface area contributed by atoms with Gasteiger partial charge < -0.3 is 9.47 Å². The zero-order valence-corrected chi connectivity index (χ0v) is 8.40. The molecule has 0 bridgehead atoms. The zero-order valence-electron chi connectivity index (χ0n) is 8.40. The Hall–Kier alpha value is -1.39. The van der Waals surface area contributed by atoms with Gasteiger partial charge in [-0.05, 0) is 6.42 Å². The molecule has 1 aromatic heterocycles. The summed E-state index contributed by atoms with van der Waals surface area (Å²) in [5, 5.41) is 15.7. The Morgan fingerprint density at radius 3 is 3.21 bits per heavy atom. The molecule has 0 aliphatic carbocycles. The molecule has 0 aromatic carbocycles. The number of hydrogen-bond acceptors (Lipinski definition) is 3. The number of aromatic nitrogens is 3. The van der Waals surface area contributed by atoms with E-state index in [1.807, 2.05) is 0 Å². The summed E-state index contributed by atoms with van der Waals surface area (Å²) < 4.78 is 2.05. The number of amidine groups is 1. The Morgan fingerprint density at radius 1 is 1.57 bits per heavy atom. The maximum absolute atomic E-state index is 7.85. The summed E-state index contributed by atoms with van der Waals surface area (Å²) in [6.07, 6.45) is 3.65. The topological polar surface area (TPSA) is 57.8 Å². The third kappa shape index (κ3) is 1.62. The molecule has 1 N–H and O–H groups in total. The molecule has 5 heteroatoms. The highest BCUT2D eigenvalue weighted by Gasteiger charge is 2.18. The summed E-state index contributed by atoms with van der Waals surface area (Å²) in [6, 6.07) is 0. The molecule has 0 spiro atoms. The van der Waals surface area contributed by atoms with Crippen LogP contribution >= 0.6 is 0 Å². The monoisotopic (exact) mass is 193 g/mol. The van der Waals surface area contributed by atoms with E-state index in [2.05, 4.69) is 26.6 Å². The van der Waals surface area contributed by atoms with Crippen molar-refractivity contribution in [1.82, 2.24) is 19.7 Å². The average molecular weight is 193 g/mol. The molecule has 76 valence electrons. The van der Waals surface area contributed by atoms with Crippen LogP contribution in [-0.4, -0.2) is 32.0 Å². The van der Waals surface area contributed by atoms with Gasteiger partial charge in [0.1, 0.15) is 6.33 Å². The summed E-state index contributed by atoms with van der Waals surface area (Å²) in [5.74, 6) is 1.69. The van der Waals surface area contributed by atoms with Crippen molar-refractivity contribution >= 4 is 5.84 Å². The van der Waals surface area contributed by atoms with E-state index < -0.39 is 0 Å². The lowest BCUT2D eigenvalue weighted by molar-refractivity contribution is 0.322. The van der Waals surface area contributed by atoms with Gasteiger partial charge in [-0.1, -0.05) is 6.92 Å². The highest BCUT2D eigenvalue weighted by Crippen LogP contribution is 2.10. The Morgan fingerprint density at radius 2 is 2.43 bits per heavy atom. The molecule has 0 unspecified atom stereocenters. The molecule has 0 atom stereocenters. The fraction of sp³-hybridized carbons (Fsp3) is 0.667. The molecule has 5 nitrogen and oxygen atoms in total. The van der Waals surface area contributed by atoms with E-state index in [1.54, 1.807) is 6.33 Å². The first-order chi connectivity index (χ1) is 6.81. The van der Waals surface area contributed by atoms with Crippen LogP contribution in [0.1, 0.15) is 25.6 Å². The quantitative estimate of drug-likeness (QED) is 0.560. The Balaban J connectivity index is 2.04. The van der Waals surface area contributed by atoms with Crippen LogP contribution in [0.5, 0.6) is 0 Å². The van der Waals surface area contributed by atoms with Gasteiger partial charge in [0.2, 0.25) is 0 Å². The minimum absolute atomic E-state index is 0.724. The minimum Gasteiger partial charge on any atom is -0.351 e. The number of nitrogens with zero attached hydrogens (tertiary/aromatic N) is 4. The normalized spacial score (nSPS) is 15.4. The first kappa shape index (κ1) is 9.18. The number of rotatable bonds is 2. The van der Waals surface area contributed by atoms with Gasteiger partial charge in [-0.25, -0.2) is 0 Å². The van der Waals surface area contributed by atoms with Crippen molar-refractivity contribution in [3.05, 3.63) is 12.2 Å². The third-order valence-electron chi connectivity index (χ3n) is 2.51. The predicted octanol–water partition coefficient (Wildman–Crippen LogP) is 0.871. The second-order valence-electron chi connectivity index (χ2n) is 3.56. The molecular weight excluding hydrogens is 178 g/mol. The molecular formula is C9H15N5. The van der Waals surface area contributed by atoms with Crippen molar-refractivity contribution in [3.8, 4) is 0 Å². The average Bonchev–Trinajstić information content (AvgIpc) is 2.64. The predicted molar refractivity (Wildman–Crippen MR) is 53.1 cm³/mol. The smallest absolute Gasteiger partial charge is 0.152 e. The van der Waals surface area contributed by atoms with Crippen LogP contribution in [0.15, 0.2) is 6.33 Å². The van der Waals surface area contributed by atoms with Gasteiger partial charge in [0.25, 0.3) is 0 Å². The summed E-state index contributed by atoms with van der Waals surface area (Å²) in [4.78, 5) is 2.08. The van der Waals surface area contributed by atoms with E-state index in [0.717, 1.165) is 44.1 Å². The van der Waals surface area contributed by atoms with Crippen LogP contribution in [-0.2, 0) is 13.1 Å². The number of fused-ring (bicyclic) bond motifs is 1. The molecule has 1 aromatic rings. The zero-order chi connectivity index (χ0) is 9.97. The van der Waals surface area contributed by atoms with Crippen LogP contribution in [0, 0.1) is 5.41 Å². The second kappa shape index (κ2) is 3.77. The van der Waals surface area contributed by atoms with Gasteiger partial charge in [0.05, 0.1) is 12.4 Å². The first-order valence-electron chi connectivity index (χ1n) is 5.00. The molecule has 0 radical (unpaired) electrons. The molecule has 14 heavy (non-hydrogen) atoms. The first-order valence-corrected chi connectivity index (χ1v) is 5.00. The van der Waals surface area contributed by atoms with E-state index in [4.69, 9.17) is 5.41 Å². The molecule has 1 aliphatic rings. The van der Waals surface area contributed by atoms with Crippen molar-refractivity contribution in [1.29, 1.82) is 5.41 Å². The van der Waals surface area contributed by atoms with E-state index >= 15 is 0 Å². The van der Waals surface area contributed by atoms with Crippen molar-refractivity contribution in [2.24, 2.45) is 0 Å². The number of hydrogen-bond donors (Lipinski definition) is 1. The highest BCUT2D eigenvalue weighted by atomic mass is 15.3. The van der Waals surface area contributed by atoms with Crippen molar-refractivity contribution in [2.45, 2.75) is 32.9 Å². The number of nitrogens with one attached hydrogen (secondary N) is 1. The summed E-state index contributed by atoms with van der Waals surface area (Å²) in [5.41, 5.74) is 0. The van der Waals surface area contributed by atoms with Crippen molar-refractivity contribution in [3.63, 3.8) is 0 Å².